The first kappa shape index (κ1) is 19.8. The van der Waals surface area contributed by atoms with Gasteiger partial charge in [0.05, 0.1) is 11.8 Å². The van der Waals surface area contributed by atoms with E-state index in [1.807, 2.05) is 0 Å². The summed E-state index contributed by atoms with van der Waals surface area (Å²) in [5.41, 5.74) is -0.0925. The third-order valence-electron chi connectivity index (χ3n) is 9.02. The fraction of sp³-hybridized carbons (Fsp3) is 0.913. The number of piperidine rings is 1. The minimum Gasteiger partial charge on any atom is -0.465 e. The van der Waals surface area contributed by atoms with Crippen molar-refractivity contribution in [3.05, 3.63) is 0 Å². The maximum atomic E-state index is 13.0. The molecule has 0 spiro atoms. The third kappa shape index (κ3) is 3.21. The molecule has 0 aromatic carbocycles. The third-order valence-corrected chi connectivity index (χ3v) is 9.02. The predicted molar refractivity (Wildman–Crippen MR) is 108 cm³/mol. The van der Waals surface area contributed by atoms with Crippen molar-refractivity contribution in [2.45, 2.75) is 77.3 Å². The van der Waals surface area contributed by atoms with E-state index in [1.165, 1.54) is 6.42 Å². The van der Waals surface area contributed by atoms with Gasteiger partial charge in [0, 0.05) is 30.6 Å². The van der Waals surface area contributed by atoms with Gasteiger partial charge in [-0.25, -0.2) is 0 Å². The molecule has 0 radical (unpaired) electrons. The summed E-state index contributed by atoms with van der Waals surface area (Å²) in [6.07, 6.45) is 8.63. The van der Waals surface area contributed by atoms with Crippen molar-refractivity contribution in [2.75, 3.05) is 26.3 Å². The quantitative estimate of drug-likeness (QED) is 0.662. The lowest BCUT2D eigenvalue weighted by atomic mass is 9.62. The van der Waals surface area contributed by atoms with E-state index < -0.39 is 0 Å². The van der Waals surface area contributed by atoms with Crippen molar-refractivity contribution < 1.29 is 19.1 Å². The Morgan fingerprint density at radius 3 is 1.86 bits per heavy atom. The highest BCUT2D eigenvalue weighted by Gasteiger charge is 2.60. The molecule has 3 saturated carbocycles. The molecule has 0 unspecified atom stereocenters. The molecular weight excluding hydrogens is 368 g/mol. The van der Waals surface area contributed by atoms with Crippen molar-refractivity contribution in [3.8, 4) is 0 Å². The van der Waals surface area contributed by atoms with E-state index in [0.29, 0.717) is 19.3 Å². The van der Waals surface area contributed by atoms with Gasteiger partial charge in [0.25, 0.3) is 0 Å². The maximum absolute atomic E-state index is 13.0. The first-order chi connectivity index (χ1) is 13.8. The van der Waals surface area contributed by atoms with Gasteiger partial charge in [0.15, 0.2) is 0 Å². The van der Waals surface area contributed by atoms with Gasteiger partial charge in [0.2, 0.25) is 0 Å². The summed E-state index contributed by atoms with van der Waals surface area (Å²) in [5.74, 6) is -0.145. The molecule has 6 rings (SSSR count). The molecule has 6 aliphatic rings. The zero-order chi connectivity index (χ0) is 20.3. The Kier molecular flexibility index (Phi) is 4.74. The fourth-order valence-corrected chi connectivity index (χ4v) is 7.04. The maximum Gasteiger partial charge on any atom is 0.311 e. The topological polar surface area (TPSA) is 76.7 Å². The van der Waals surface area contributed by atoms with Gasteiger partial charge >= 0.3 is 11.9 Å². The molecule has 0 amide bonds. The van der Waals surface area contributed by atoms with Crippen molar-refractivity contribution in [1.29, 1.82) is 0 Å². The van der Waals surface area contributed by atoms with E-state index in [2.05, 4.69) is 24.5 Å². The highest BCUT2D eigenvalue weighted by Crippen LogP contribution is 2.52. The molecule has 3 aliphatic heterocycles. The lowest BCUT2D eigenvalue weighted by Crippen LogP contribution is -2.50. The number of hydrogen-bond acceptors (Lipinski definition) is 6. The zero-order valence-electron chi connectivity index (χ0n) is 17.9. The van der Waals surface area contributed by atoms with Crippen LogP contribution >= 0.6 is 0 Å². The number of nitrogens with one attached hydrogen (secondary N) is 2. The van der Waals surface area contributed by atoms with E-state index in [-0.39, 0.29) is 46.1 Å². The van der Waals surface area contributed by atoms with Gasteiger partial charge in [0.1, 0.15) is 13.2 Å². The zero-order valence-corrected chi connectivity index (χ0v) is 17.9. The average molecular weight is 405 g/mol. The Hall–Kier alpha value is -1.14. The number of rotatable bonds is 6. The average Bonchev–Trinajstić information content (AvgIpc) is 3.42. The van der Waals surface area contributed by atoms with Gasteiger partial charge in [-0.3, -0.25) is 9.59 Å². The molecule has 0 aromatic heterocycles. The van der Waals surface area contributed by atoms with E-state index in [4.69, 9.17) is 9.47 Å². The first-order valence-corrected chi connectivity index (χ1v) is 11.6. The van der Waals surface area contributed by atoms with Crippen LogP contribution < -0.4 is 10.6 Å². The van der Waals surface area contributed by atoms with Gasteiger partial charge in [-0.15, -0.1) is 0 Å². The molecule has 3 saturated heterocycles. The second kappa shape index (κ2) is 6.94. The standard InChI is InChI=1S/C23H36N2O4/c1-21-9-6-15(24-11-21)17(21)19(26)28-13-23(7-4-3-5-8-23)14-29-20(27)18-16-10-22(18,2)12-25-16/h15-18,24-25H,3-14H2,1-2H3/t15-,16-,17+,18+,21-,22-/m1/s1. The molecule has 162 valence electrons. The summed E-state index contributed by atoms with van der Waals surface area (Å²) in [4.78, 5) is 25.7. The summed E-state index contributed by atoms with van der Waals surface area (Å²) in [7, 11) is 0. The van der Waals surface area contributed by atoms with Crippen molar-refractivity contribution in [3.63, 3.8) is 0 Å². The van der Waals surface area contributed by atoms with Crippen LogP contribution in [-0.2, 0) is 19.1 Å². The van der Waals surface area contributed by atoms with Crippen LogP contribution in [0.4, 0.5) is 0 Å². The Bertz CT molecular complexity index is 676. The van der Waals surface area contributed by atoms with E-state index in [1.54, 1.807) is 0 Å². The lowest BCUT2D eigenvalue weighted by molar-refractivity contribution is -0.167. The molecule has 3 aliphatic carbocycles. The Balaban J connectivity index is 1.20. The summed E-state index contributed by atoms with van der Waals surface area (Å²) in [5, 5.41) is 6.91. The summed E-state index contributed by atoms with van der Waals surface area (Å²) < 4.78 is 11.8. The van der Waals surface area contributed by atoms with Crippen LogP contribution in [0.15, 0.2) is 0 Å². The number of fused-ring (bicyclic) bond motifs is 3. The first-order valence-electron chi connectivity index (χ1n) is 11.6. The van der Waals surface area contributed by atoms with Crippen LogP contribution in [0, 0.1) is 28.1 Å². The second-order valence-electron chi connectivity index (χ2n) is 11.3. The van der Waals surface area contributed by atoms with Gasteiger partial charge in [-0.2, -0.15) is 0 Å². The normalized spacial score (nSPS) is 44.3. The number of carbonyl (C=O) groups excluding carboxylic acids is 2. The van der Waals surface area contributed by atoms with Crippen LogP contribution in [0.1, 0.15) is 65.2 Å². The molecule has 6 nitrogen and oxygen atoms in total. The summed E-state index contributed by atoms with van der Waals surface area (Å²) in [6.45, 7) is 6.99. The highest BCUT2D eigenvalue weighted by atomic mass is 16.5. The Morgan fingerprint density at radius 2 is 1.41 bits per heavy atom. The second-order valence-corrected chi connectivity index (χ2v) is 11.3. The van der Waals surface area contributed by atoms with Crippen LogP contribution in [0.25, 0.3) is 0 Å². The highest BCUT2D eigenvalue weighted by molar-refractivity contribution is 5.77. The van der Waals surface area contributed by atoms with Crippen LogP contribution in [-0.4, -0.2) is 50.3 Å². The van der Waals surface area contributed by atoms with Gasteiger partial charge in [-0.05, 0) is 42.9 Å². The predicted octanol–water partition coefficient (Wildman–Crippen LogP) is 2.41. The summed E-state index contributed by atoms with van der Waals surface area (Å²) >= 11 is 0. The molecule has 6 fully saturated rings. The number of carbonyl (C=O) groups is 2. The molecule has 29 heavy (non-hydrogen) atoms. The fourth-order valence-electron chi connectivity index (χ4n) is 7.04. The largest absolute Gasteiger partial charge is 0.465 e. The minimum absolute atomic E-state index is 0.00849. The molecule has 3 heterocycles. The molecule has 2 N–H and O–H groups in total. The summed E-state index contributed by atoms with van der Waals surface area (Å²) in [6, 6.07) is 0.564. The minimum atomic E-state index is -0.202. The van der Waals surface area contributed by atoms with Crippen LogP contribution in [0.2, 0.25) is 0 Å². The monoisotopic (exact) mass is 404 g/mol. The number of esters is 2. The Morgan fingerprint density at radius 1 is 0.828 bits per heavy atom. The smallest absolute Gasteiger partial charge is 0.311 e. The molecule has 6 heteroatoms. The van der Waals surface area contributed by atoms with E-state index in [9.17, 15) is 9.59 Å². The molecule has 6 atom stereocenters. The van der Waals surface area contributed by atoms with Crippen LogP contribution in [0.5, 0.6) is 0 Å². The van der Waals surface area contributed by atoms with Gasteiger partial charge in [-0.1, -0.05) is 33.1 Å². The number of hydrogen-bond donors (Lipinski definition) is 2. The van der Waals surface area contributed by atoms with Crippen molar-refractivity contribution >= 4 is 11.9 Å². The Labute approximate surface area is 173 Å². The van der Waals surface area contributed by atoms with Crippen LogP contribution in [0.3, 0.4) is 0 Å². The van der Waals surface area contributed by atoms with Gasteiger partial charge < -0.3 is 20.1 Å². The number of ether oxygens (including phenoxy) is 2. The van der Waals surface area contributed by atoms with Crippen molar-refractivity contribution in [2.24, 2.45) is 28.1 Å². The molecule has 4 bridgehead atoms. The molecular formula is C23H36N2O4. The van der Waals surface area contributed by atoms with E-state index in [0.717, 1.165) is 58.0 Å². The SMILES string of the molecule is C[C@]12CN[C@H](C1)[C@H]2C(=O)OCC1(COC(=O)[C@@H]2[C@H]3CC[C@]2(C)CN3)CCCCC1. The van der Waals surface area contributed by atoms with E-state index >= 15 is 0 Å². The lowest BCUT2D eigenvalue weighted by Gasteiger charge is -2.43. The van der Waals surface area contributed by atoms with Crippen molar-refractivity contribution in [1.82, 2.24) is 10.6 Å². The molecule has 0 aromatic rings.